The van der Waals surface area contributed by atoms with Gasteiger partial charge >= 0.3 is 0 Å². The number of aryl methyl sites for hydroxylation is 1. The Kier molecular flexibility index (Phi) is 4.04. The molecule has 2 rings (SSSR count). The van der Waals surface area contributed by atoms with Gasteiger partial charge in [-0.05, 0) is 18.9 Å². The maximum absolute atomic E-state index is 12.3. The molecular weight excluding hydrogens is 226 g/mol. The summed E-state index contributed by atoms with van der Waals surface area (Å²) in [5, 5.41) is 4.49. The van der Waals surface area contributed by atoms with E-state index in [4.69, 9.17) is 0 Å². The van der Waals surface area contributed by atoms with Crippen LogP contribution in [0.25, 0.3) is 0 Å². The minimum absolute atomic E-state index is 0.0642. The first kappa shape index (κ1) is 13.1. The van der Waals surface area contributed by atoms with Gasteiger partial charge in [0.1, 0.15) is 0 Å². The second-order valence-corrected chi connectivity index (χ2v) is 5.47. The molecular formula is C14H23N3O. The first-order valence-electron chi connectivity index (χ1n) is 6.89. The van der Waals surface area contributed by atoms with Crippen molar-refractivity contribution in [3.05, 3.63) is 18.0 Å². The van der Waals surface area contributed by atoms with Crippen LogP contribution in [0.3, 0.4) is 0 Å². The molecule has 0 spiro atoms. The third-order valence-electron chi connectivity index (χ3n) is 3.61. The monoisotopic (exact) mass is 249 g/mol. The minimum Gasteiger partial charge on any atom is -0.334 e. The highest BCUT2D eigenvalue weighted by Crippen LogP contribution is 2.30. The van der Waals surface area contributed by atoms with Crippen LogP contribution in [0.5, 0.6) is 0 Å². The highest BCUT2D eigenvalue weighted by atomic mass is 16.2. The molecule has 1 aliphatic heterocycles. The molecule has 18 heavy (non-hydrogen) atoms. The number of amides is 1. The van der Waals surface area contributed by atoms with Gasteiger partial charge in [0, 0.05) is 25.7 Å². The van der Waals surface area contributed by atoms with Crippen LogP contribution in [-0.4, -0.2) is 27.1 Å². The average Bonchev–Trinajstić information content (AvgIpc) is 2.63. The van der Waals surface area contributed by atoms with Gasteiger partial charge in [0.05, 0.1) is 11.7 Å². The van der Waals surface area contributed by atoms with Gasteiger partial charge in [-0.2, -0.15) is 5.10 Å². The SMILES string of the molecule is CC(C)C(=O)N1CCCCC[C@H]1c1ccn(C)n1. The van der Waals surface area contributed by atoms with Crippen LogP contribution >= 0.6 is 0 Å². The fourth-order valence-electron chi connectivity index (χ4n) is 2.62. The maximum atomic E-state index is 12.3. The van der Waals surface area contributed by atoms with Crippen molar-refractivity contribution in [2.45, 2.75) is 45.6 Å². The van der Waals surface area contributed by atoms with E-state index in [9.17, 15) is 4.79 Å². The third kappa shape index (κ3) is 2.74. The van der Waals surface area contributed by atoms with E-state index in [2.05, 4.69) is 5.10 Å². The standard InChI is InChI=1S/C14H23N3O/c1-11(2)14(18)17-9-6-4-5-7-13(17)12-8-10-16(3)15-12/h8,10-11,13H,4-7,9H2,1-3H3/t13-/m0/s1. The Bertz CT molecular complexity index is 411. The number of hydrogen-bond acceptors (Lipinski definition) is 2. The molecule has 0 radical (unpaired) electrons. The number of aromatic nitrogens is 2. The lowest BCUT2D eigenvalue weighted by molar-refractivity contribution is -0.137. The summed E-state index contributed by atoms with van der Waals surface area (Å²) in [6.07, 6.45) is 6.50. The van der Waals surface area contributed by atoms with Gasteiger partial charge in [-0.15, -0.1) is 0 Å². The highest BCUT2D eigenvalue weighted by molar-refractivity contribution is 5.78. The summed E-state index contributed by atoms with van der Waals surface area (Å²) in [7, 11) is 1.93. The summed E-state index contributed by atoms with van der Waals surface area (Å²) in [6, 6.07) is 2.21. The summed E-state index contributed by atoms with van der Waals surface area (Å²) in [4.78, 5) is 14.4. The van der Waals surface area contributed by atoms with Crippen molar-refractivity contribution in [3.8, 4) is 0 Å². The summed E-state index contributed by atoms with van der Waals surface area (Å²) < 4.78 is 1.82. The van der Waals surface area contributed by atoms with E-state index in [1.807, 2.05) is 42.7 Å². The van der Waals surface area contributed by atoms with Gasteiger partial charge in [0.25, 0.3) is 0 Å². The van der Waals surface area contributed by atoms with Crippen LogP contribution < -0.4 is 0 Å². The van der Waals surface area contributed by atoms with Crippen molar-refractivity contribution < 1.29 is 4.79 Å². The lowest BCUT2D eigenvalue weighted by atomic mass is 10.1. The third-order valence-corrected chi connectivity index (χ3v) is 3.61. The Balaban J connectivity index is 2.24. The van der Waals surface area contributed by atoms with E-state index < -0.39 is 0 Å². The zero-order chi connectivity index (χ0) is 13.1. The summed E-state index contributed by atoms with van der Waals surface area (Å²) in [5.41, 5.74) is 1.04. The lowest BCUT2D eigenvalue weighted by Gasteiger charge is -2.30. The molecule has 0 unspecified atom stereocenters. The Morgan fingerprint density at radius 3 is 2.78 bits per heavy atom. The Labute approximate surface area is 109 Å². The second kappa shape index (κ2) is 5.55. The van der Waals surface area contributed by atoms with Crippen molar-refractivity contribution in [2.75, 3.05) is 6.54 Å². The zero-order valence-electron chi connectivity index (χ0n) is 11.6. The Morgan fingerprint density at radius 1 is 1.39 bits per heavy atom. The first-order valence-corrected chi connectivity index (χ1v) is 6.89. The maximum Gasteiger partial charge on any atom is 0.225 e. The smallest absolute Gasteiger partial charge is 0.225 e. The molecule has 0 aliphatic carbocycles. The number of rotatable bonds is 2. The predicted octanol–water partition coefficient (Wildman–Crippen LogP) is 2.52. The summed E-state index contributed by atoms with van der Waals surface area (Å²) >= 11 is 0. The van der Waals surface area contributed by atoms with Gasteiger partial charge < -0.3 is 4.90 Å². The van der Waals surface area contributed by atoms with E-state index in [-0.39, 0.29) is 17.9 Å². The minimum atomic E-state index is 0.0642. The van der Waals surface area contributed by atoms with E-state index in [0.717, 1.165) is 25.1 Å². The largest absolute Gasteiger partial charge is 0.334 e. The van der Waals surface area contributed by atoms with Crippen LogP contribution in [0.15, 0.2) is 12.3 Å². The fraction of sp³-hybridized carbons (Fsp3) is 0.714. The van der Waals surface area contributed by atoms with Crippen LogP contribution in [0.1, 0.15) is 51.3 Å². The Morgan fingerprint density at radius 2 is 2.17 bits per heavy atom. The molecule has 0 saturated carbocycles. The molecule has 1 fully saturated rings. The van der Waals surface area contributed by atoms with E-state index in [1.54, 1.807) is 0 Å². The highest BCUT2D eigenvalue weighted by Gasteiger charge is 2.29. The van der Waals surface area contributed by atoms with Crippen molar-refractivity contribution in [2.24, 2.45) is 13.0 Å². The topological polar surface area (TPSA) is 38.1 Å². The molecule has 4 nitrogen and oxygen atoms in total. The first-order chi connectivity index (χ1) is 8.59. The van der Waals surface area contributed by atoms with Gasteiger partial charge in [-0.1, -0.05) is 26.7 Å². The number of carbonyl (C=O) groups is 1. The van der Waals surface area contributed by atoms with Crippen LogP contribution in [0.4, 0.5) is 0 Å². The molecule has 1 atom stereocenters. The molecule has 0 bridgehead atoms. The second-order valence-electron chi connectivity index (χ2n) is 5.47. The van der Waals surface area contributed by atoms with E-state index in [1.165, 1.54) is 12.8 Å². The van der Waals surface area contributed by atoms with Crippen molar-refractivity contribution in [3.63, 3.8) is 0 Å². The molecule has 4 heteroatoms. The van der Waals surface area contributed by atoms with Crippen molar-refractivity contribution >= 4 is 5.91 Å². The molecule has 1 aromatic heterocycles. The molecule has 1 aromatic rings. The van der Waals surface area contributed by atoms with Crippen molar-refractivity contribution in [1.82, 2.24) is 14.7 Å². The molecule has 1 saturated heterocycles. The normalized spacial score (nSPS) is 21.1. The number of carbonyl (C=O) groups excluding carboxylic acids is 1. The van der Waals surface area contributed by atoms with E-state index in [0.29, 0.717) is 0 Å². The Hall–Kier alpha value is -1.32. The quantitative estimate of drug-likeness (QED) is 0.807. The predicted molar refractivity (Wildman–Crippen MR) is 71.0 cm³/mol. The molecule has 1 aliphatic rings. The molecule has 100 valence electrons. The zero-order valence-corrected chi connectivity index (χ0v) is 11.6. The van der Waals surface area contributed by atoms with Crippen molar-refractivity contribution in [1.29, 1.82) is 0 Å². The molecule has 0 N–H and O–H groups in total. The number of nitrogens with zero attached hydrogens (tertiary/aromatic N) is 3. The van der Waals surface area contributed by atoms with Gasteiger partial charge in [-0.25, -0.2) is 0 Å². The molecule has 0 aromatic carbocycles. The number of hydrogen-bond donors (Lipinski definition) is 0. The van der Waals surface area contributed by atoms with Gasteiger partial charge in [-0.3, -0.25) is 9.48 Å². The van der Waals surface area contributed by atoms with Gasteiger partial charge in [0.2, 0.25) is 5.91 Å². The van der Waals surface area contributed by atoms with Gasteiger partial charge in [0.15, 0.2) is 0 Å². The summed E-state index contributed by atoms with van der Waals surface area (Å²) in [6.45, 7) is 4.82. The molecule has 1 amide bonds. The van der Waals surface area contributed by atoms with E-state index >= 15 is 0 Å². The average molecular weight is 249 g/mol. The van der Waals surface area contributed by atoms with Crippen LogP contribution in [0.2, 0.25) is 0 Å². The fourth-order valence-corrected chi connectivity index (χ4v) is 2.62. The summed E-state index contributed by atoms with van der Waals surface area (Å²) in [5.74, 6) is 0.321. The lowest BCUT2D eigenvalue weighted by Crippen LogP contribution is -2.37. The molecule has 2 heterocycles. The van der Waals surface area contributed by atoms with Crippen LogP contribution in [0, 0.1) is 5.92 Å². The van der Waals surface area contributed by atoms with Crippen LogP contribution in [-0.2, 0) is 11.8 Å². The number of likely N-dealkylation sites (tertiary alicyclic amines) is 1.